The van der Waals surface area contributed by atoms with Crippen LogP contribution in [-0.4, -0.2) is 40.7 Å². The van der Waals surface area contributed by atoms with Crippen molar-refractivity contribution in [2.24, 2.45) is 0 Å². The summed E-state index contributed by atoms with van der Waals surface area (Å²) in [5.74, 6) is 1.37. The number of rotatable bonds is 5. The molecule has 5 heteroatoms. The normalized spacial score (nSPS) is 19.4. The van der Waals surface area contributed by atoms with Crippen LogP contribution >= 0.6 is 0 Å². The highest BCUT2D eigenvalue weighted by Crippen LogP contribution is 2.08. The van der Waals surface area contributed by atoms with E-state index in [1.807, 2.05) is 6.92 Å². The molecule has 2 rings (SSSR count). The number of nitrogens with zero attached hydrogens (tertiary/aromatic N) is 3. The van der Waals surface area contributed by atoms with Crippen molar-refractivity contribution in [3.8, 4) is 0 Å². The van der Waals surface area contributed by atoms with Crippen LogP contribution in [0.5, 0.6) is 0 Å². The number of likely N-dealkylation sites (tertiary alicyclic amines) is 1. The Morgan fingerprint density at radius 1 is 1.35 bits per heavy atom. The van der Waals surface area contributed by atoms with Gasteiger partial charge in [-0.15, -0.1) is 0 Å². The molecule has 1 aromatic heterocycles. The van der Waals surface area contributed by atoms with E-state index in [1.165, 1.54) is 32.4 Å². The van der Waals surface area contributed by atoms with E-state index in [2.05, 4.69) is 27.3 Å². The van der Waals surface area contributed by atoms with Crippen LogP contribution in [0.15, 0.2) is 4.52 Å². The van der Waals surface area contributed by atoms with Gasteiger partial charge in [-0.3, -0.25) is 0 Å². The molecule has 0 saturated carbocycles. The van der Waals surface area contributed by atoms with Gasteiger partial charge >= 0.3 is 0 Å². The lowest BCUT2D eigenvalue weighted by Crippen LogP contribution is -2.41. The summed E-state index contributed by atoms with van der Waals surface area (Å²) in [6.07, 6.45) is 4.08. The monoisotopic (exact) mass is 238 g/mol. The van der Waals surface area contributed by atoms with Crippen molar-refractivity contribution in [3.05, 3.63) is 11.7 Å². The molecule has 1 aliphatic heterocycles. The standard InChI is InChI=1S/C12H22N4O/c1-10(9-16-6-4-3-5-7-16)13-8-12-14-11(2)17-15-12/h10,13H,3-9H2,1-2H3. The van der Waals surface area contributed by atoms with Gasteiger partial charge < -0.3 is 14.7 Å². The van der Waals surface area contributed by atoms with Gasteiger partial charge in [0.05, 0.1) is 6.54 Å². The number of aryl methyl sites for hydroxylation is 1. The van der Waals surface area contributed by atoms with E-state index in [1.54, 1.807) is 0 Å². The fourth-order valence-electron chi connectivity index (χ4n) is 2.27. The molecule has 96 valence electrons. The minimum Gasteiger partial charge on any atom is -0.340 e. The second kappa shape index (κ2) is 6.12. The zero-order chi connectivity index (χ0) is 12.1. The Kier molecular flexibility index (Phi) is 4.50. The van der Waals surface area contributed by atoms with Crippen LogP contribution in [0, 0.1) is 6.92 Å². The average molecular weight is 238 g/mol. The molecule has 1 unspecified atom stereocenters. The highest BCUT2D eigenvalue weighted by Gasteiger charge is 2.13. The molecule has 1 fully saturated rings. The maximum Gasteiger partial charge on any atom is 0.223 e. The van der Waals surface area contributed by atoms with Crippen LogP contribution in [0.1, 0.15) is 37.9 Å². The molecule has 0 radical (unpaired) electrons. The van der Waals surface area contributed by atoms with Crippen LogP contribution in [0.3, 0.4) is 0 Å². The van der Waals surface area contributed by atoms with Gasteiger partial charge in [-0.05, 0) is 32.9 Å². The second-order valence-electron chi connectivity index (χ2n) is 4.87. The first kappa shape index (κ1) is 12.5. The molecule has 1 aliphatic rings. The maximum atomic E-state index is 4.94. The highest BCUT2D eigenvalue weighted by atomic mass is 16.5. The Hall–Kier alpha value is -0.940. The summed E-state index contributed by atoms with van der Waals surface area (Å²) in [7, 11) is 0. The van der Waals surface area contributed by atoms with E-state index in [9.17, 15) is 0 Å². The van der Waals surface area contributed by atoms with Crippen LogP contribution < -0.4 is 5.32 Å². The van der Waals surface area contributed by atoms with Gasteiger partial charge in [0.2, 0.25) is 5.89 Å². The lowest BCUT2D eigenvalue weighted by Gasteiger charge is -2.29. The highest BCUT2D eigenvalue weighted by molar-refractivity contribution is 4.84. The summed E-state index contributed by atoms with van der Waals surface area (Å²) in [6.45, 7) is 8.30. The van der Waals surface area contributed by atoms with E-state index in [0.717, 1.165) is 12.4 Å². The Morgan fingerprint density at radius 2 is 2.12 bits per heavy atom. The SMILES string of the molecule is Cc1nc(CNC(C)CN2CCCCC2)no1. The molecule has 17 heavy (non-hydrogen) atoms. The van der Waals surface area contributed by atoms with Crippen molar-refractivity contribution in [1.29, 1.82) is 0 Å². The van der Waals surface area contributed by atoms with E-state index in [-0.39, 0.29) is 0 Å². The van der Waals surface area contributed by atoms with Crippen molar-refractivity contribution < 1.29 is 4.52 Å². The first-order valence-electron chi connectivity index (χ1n) is 6.49. The van der Waals surface area contributed by atoms with Crippen LogP contribution in [0.2, 0.25) is 0 Å². The third kappa shape index (κ3) is 4.09. The first-order chi connectivity index (χ1) is 8.24. The van der Waals surface area contributed by atoms with Crippen molar-refractivity contribution >= 4 is 0 Å². The number of hydrogen-bond acceptors (Lipinski definition) is 5. The smallest absolute Gasteiger partial charge is 0.223 e. The molecule has 2 heterocycles. The van der Waals surface area contributed by atoms with Crippen molar-refractivity contribution in [1.82, 2.24) is 20.4 Å². The fraction of sp³-hybridized carbons (Fsp3) is 0.833. The predicted octanol–water partition coefficient (Wildman–Crippen LogP) is 1.34. The molecule has 1 saturated heterocycles. The average Bonchev–Trinajstić information content (AvgIpc) is 2.74. The molecule has 0 bridgehead atoms. The van der Waals surface area contributed by atoms with Gasteiger partial charge in [0, 0.05) is 19.5 Å². The van der Waals surface area contributed by atoms with Crippen molar-refractivity contribution in [2.45, 2.75) is 45.7 Å². The Labute approximate surface area is 103 Å². The Balaban J connectivity index is 1.68. The third-order valence-corrected chi connectivity index (χ3v) is 3.16. The Bertz CT molecular complexity index is 333. The molecule has 1 atom stereocenters. The minimum absolute atomic E-state index is 0.465. The topological polar surface area (TPSA) is 54.2 Å². The molecule has 1 N–H and O–H groups in total. The molecular weight excluding hydrogens is 216 g/mol. The number of hydrogen-bond donors (Lipinski definition) is 1. The molecule has 5 nitrogen and oxygen atoms in total. The van der Waals surface area contributed by atoms with E-state index in [4.69, 9.17) is 4.52 Å². The lowest BCUT2D eigenvalue weighted by molar-refractivity contribution is 0.208. The third-order valence-electron chi connectivity index (χ3n) is 3.16. The summed E-state index contributed by atoms with van der Waals surface area (Å²) < 4.78 is 4.94. The van der Waals surface area contributed by atoms with Crippen molar-refractivity contribution in [2.75, 3.05) is 19.6 Å². The zero-order valence-corrected chi connectivity index (χ0v) is 10.8. The fourth-order valence-corrected chi connectivity index (χ4v) is 2.27. The van der Waals surface area contributed by atoms with E-state index >= 15 is 0 Å². The van der Waals surface area contributed by atoms with Gasteiger partial charge in [0.1, 0.15) is 0 Å². The summed E-state index contributed by atoms with van der Waals surface area (Å²) in [4.78, 5) is 6.71. The largest absolute Gasteiger partial charge is 0.340 e. The summed E-state index contributed by atoms with van der Waals surface area (Å²) >= 11 is 0. The second-order valence-corrected chi connectivity index (χ2v) is 4.87. The summed E-state index contributed by atoms with van der Waals surface area (Å²) in [5, 5.41) is 7.31. The Morgan fingerprint density at radius 3 is 2.76 bits per heavy atom. The van der Waals surface area contributed by atoms with Crippen molar-refractivity contribution in [3.63, 3.8) is 0 Å². The molecule has 0 aliphatic carbocycles. The molecule has 0 spiro atoms. The first-order valence-corrected chi connectivity index (χ1v) is 6.49. The zero-order valence-electron chi connectivity index (χ0n) is 10.8. The predicted molar refractivity (Wildman–Crippen MR) is 65.6 cm³/mol. The number of nitrogens with one attached hydrogen (secondary N) is 1. The van der Waals surface area contributed by atoms with E-state index in [0.29, 0.717) is 18.5 Å². The maximum absolute atomic E-state index is 4.94. The van der Waals surface area contributed by atoms with Gasteiger partial charge in [0.25, 0.3) is 0 Å². The molecule has 0 amide bonds. The van der Waals surface area contributed by atoms with Crippen LogP contribution in [0.4, 0.5) is 0 Å². The summed E-state index contributed by atoms with van der Waals surface area (Å²) in [5.41, 5.74) is 0. The number of aromatic nitrogens is 2. The van der Waals surface area contributed by atoms with Gasteiger partial charge in [-0.1, -0.05) is 11.6 Å². The van der Waals surface area contributed by atoms with Crippen LogP contribution in [-0.2, 0) is 6.54 Å². The van der Waals surface area contributed by atoms with Crippen LogP contribution in [0.25, 0.3) is 0 Å². The van der Waals surface area contributed by atoms with Gasteiger partial charge in [0.15, 0.2) is 5.82 Å². The molecule has 0 aromatic carbocycles. The number of piperidine rings is 1. The summed E-state index contributed by atoms with van der Waals surface area (Å²) in [6, 6.07) is 0.465. The quantitative estimate of drug-likeness (QED) is 0.839. The minimum atomic E-state index is 0.465. The van der Waals surface area contributed by atoms with Gasteiger partial charge in [-0.25, -0.2) is 0 Å². The molecule has 1 aromatic rings. The lowest BCUT2D eigenvalue weighted by atomic mass is 10.1. The van der Waals surface area contributed by atoms with Gasteiger partial charge in [-0.2, -0.15) is 4.98 Å². The molecular formula is C12H22N4O. The van der Waals surface area contributed by atoms with E-state index < -0.39 is 0 Å².